The third kappa shape index (κ3) is 3.47. The number of nitrogens with zero attached hydrogens (tertiary/aromatic N) is 3. The van der Waals surface area contributed by atoms with Gasteiger partial charge in [0.15, 0.2) is 11.5 Å². The van der Waals surface area contributed by atoms with Gasteiger partial charge in [-0.3, -0.25) is 14.9 Å². The molecule has 0 bridgehead atoms. The molecule has 2 aliphatic heterocycles. The first-order chi connectivity index (χ1) is 15.6. The van der Waals surface area contributed by atoms with E-state index in [4.69, 9.17) is 14.2 Å². The van der Waals surface area contributed by atoms with E-state index in [9.17, 15) is 9.59 Å². The van der Waals surface area contributed by atoms with Gasteiger partial charge in [-0.1, -0.05) is 35.6 Å². The van der Waals surface area contributed by atoms with Crippen molar-refractivity contribution in [2.45, 2.75) is 18.6 Å². The van der Waals surface area contributed by atoms with Gasteiger partial charge < -0.3 is 19.1 Å². The second-order valence-electron chi connectivity index (χ2n) is 7.46. The highest BCUT2D eigenvalue weighted by Gasteiger charge is 2.43. The number of ether oxygens (including phenoxy) is 3. The summed E-state index contributed by atoms with van der Waals surface area (Å²) in [6, 6.07) is 12.1. The van der Waals surface area contributed by atoms with E-state index in [2.05, 4.69) is 15.5 Å². The van der Waals surface area contributed by atoms with Gasteiger partial charge in [0.2, 0.25) is 17.8 Å². The van der Waals surface area contributed by atoms with Gasteiger partial charge in [0.1, 0.15) is 11.6 Å². The summed E-state index contributed by atoms with van der Waals surface area (Å²) >= 11 is 1.25. The quantitative estimate of drug-likeness (QED) is 0.635. The fourth-order valence-corrected chi connectivity index (χ4v) is 4.85. The molecule has 1 N–H and O–H groups in total. The zero-order valence-corrected chi connectivity index (χ0v) is 18.2. The van der Waals surface area contributed by atoms with Crippen LogP contribution in [0.2, 0.25) is 0 Å². The van der Waals surface area contributed by atoms with Crippen molar-refractivity contribution >= 4 is 28.3 Å². The molecule has 3 aromatic rings. The third-order valence-corrected chi connectivity index (χ3v) is 6.38. The van der Waals surface area contributed by atoms with Crippen LogP contribution in [0.1, 0.15) is 38.5 Å². The van der Waals surface area contributed by atoms with Crippen LogP contribution in [0.5, 0.6) is 11.5 Å². The second-order valence-corrected chi connectivity index (χ2v) is 8.52. The van der Waals surface area contributed by atoms with Crippen molar-refractivity contribution in [3.63, 3.8) is 0 Å². The van der Waals surface area contributed by atoms with Crippen molar-refractivity contribution in [2.24, 2.45) is 0 Å². The zero-order valence-electron chi connectivity index (χ0n) is 17.4. The van der Waals surface area contributed by atoms with E-state index < -0.39 is 12.0 Å². The summed E-state index contributed by atoms with van der Waals surface area (Å²) in [6.45, 7) is 0.461. The van der Waals surface area contributed by atoms with E-state index in [0.717, 1.165) is 5.56 Å². The summed E-state index contributed by atoms with van der Waals surface area (Å²) in [5, 5.41) is 12.0. The number of fused-ring (bicyclic) bond motifs is 2. The third-order valence-electron chi connectivity index (χ3n) is 5.57. The minimum Gasteiger partial charge on any atom is -0.454 e. The highest BCUT2D eigenvalue weighted by molar-refractivity contribution is 7.15. The minimum absolute atomic E-state index is 0.145. The predicted octanol–water partition coefficient (Wildman–Crippen LogP) is 2.96. The highest BCUT2D eigenvalue weighted by Crippen LogP contribution is 2.45. The van der Waals surface area contributed by atoms with Crippen molar-refractivity contribution in [3.8, 4) is 11.5 Å². The Balaban J connectivity index is 1.55. The van der Waals surface area contributed by atoms with Crippen LogP contribution in [0.15, 0.2) is 42.5 Å². The Morgan fingerprint density at radius 1 is 1.22 bits per heavy atom. The summed E-state index contributed by atoms with van der Waals surface area (Å²) in [5.41, 5.74) is 1.94. The molecule has 0 saturated carbocycles. The molecule has 2 amide bonds. The first kappa shape index (κ1) is 20.4. The molecular weight excluding hydrogens is 432 g/mol. The first-order valence-corrected chi connectivity index (χ1v) is 10.8. The van der Waals surface area contributed by atoms with Gasteiger partial charge in [-0.2, -0.15) is 0 Å². The topological polar surface area (TPSA) is 103 Å². The van der Waals surface area contributed by atoms with Crippen molar-refractivity contribution in [3.05, 3.63) is 64.2 Å². The van der Waals surface area contributed by atoms with Crippen LogP contribution in [-0.2, 0) is 16.1 Å². The number of carbonyl (C=O) groups is 2. The molecule has 1 aromatic heterocycles. The smallest absolute Gasteiger partial charge is 0.254 e. The molecule has 3 heterocycles. The van der Waals surface area contributed by atoms with Crippen LogP contribution in [0.4, 0.5) is 5.13 Å². The van der Waals surface area contributed by atoms with E-state index >= 15 is 0 Å². The fraction of sp³-hybridized carbons (Fsp3) is 0.273. The Kier molecular flexibility index (Phi) is 5.24. The van der Waals surface area contributed by atoms with Crippen LogP contribution in [0.3, 0.4) is 0 Å². The lowest BCUT2D eigenvalue weighted by molar-refractivity contribution is -0.119. The lowest BCUT2D eigenvalue weighted by Gasteiger charge is -2.39. The van der Waals surface area contributed by atoms with E-state index in [1.165, 1.54) is 11.3 Å². The molecule has 2 atom stereocenters. The molecule has 9 nitrogen and oxygen atoms in total. The molecule has 0 radical (unpaired) electrons. The Bertz CT molecular complexity index is 1200. The van der Waals surface area contributed by atoms with Gasteiger partial charge in [0, 0.05) is 19.7 Å². The molecule has 0 fully saturated rings. The van der Waals surface area contributed by atoms with Gasteiger partial charge in [-0.25, -0.2) is 0 Å². The summed E-state index contributed by atoms with van der Waals surface area (Å²) in [4.78, 5) is 28.3. The van der Waals surface area contributed by atoms with Gasteiger partial charge >= 0.3 is 0 Å². The molecule has 5 rings (SSSR count). The van der Waals surface area contributed by atoms with Crippen molar-refractivity contribution in [2.75, 3.05) is 26.3 Å². The number of amides is 2. The van der Waals surface area contributed by atoms with E-state index in [1.54, 1.807) is 37.3 Å². The zero-order chi connectivity index (χ0) is 22.2. The molecule has 2 aromatic carbocycles. The van der Waals surface area contributed by atoms with E-state index in [1.807, 2.05) is 24.3 Å². The molecule has 0 unspecified atom stereocenters. The Morgan fingerprint density at radius 2 is 2.03 bits per heavy atom. The molecule has 0 spiro atoms. The fourth-order valence-electron chi connectivity index (χ4n) is 4.14. The van der Waals surface area contributed by atoms with Gasteiger partial charge in [0.05, 0.1) is 12.0 Å². The number of nitrogens with one attached hydrogen (secondary N) is 1. The van der Waals surface area contributed by atoms with Crippen LogP contribution in [0.25, 0.3) is 0 Å². The number of rotatable bonds is 5. The SMILES string of the molecule is COCc1nnc(NC(=O)[C@@H]2c3ccccc3C(=O)N(C)[C@H]2c2ccc3c(c2)OCO3)s1. The number of likely N-dealkylation sites (N-methyl/N-ethyl adjacent to an activating group) is 1. The average molecular weight is 452 g/mol. The maximum Gasteiger partial charge on any atom is 0.254 e. The maximum atomic E-state index is 13.6. The van der Waals surface area contributed by atoms with Gasteiger partial charge in [-0.15, -0.1) is 10.2 Å². The lowest BCUT2D eigenvalue weighted by atomic mass is 9.79. The number of hydrogen-bond acceptors (Lipinski definition) is 8. The summed E-state index contributed by atoms with van der Waals surface area (Å²) in [7, 11) is 3.27. The van der Waals surface area contributed by atoms with E-state index in [-0.39, 0.29) is 18.6 Å². The number of anilines is 1. The normalized spacial score (nSPS) is 19.1. The molecule has 32 heavy (non-hydrogen) atoms. The molecule has 10 heteroatoms. The number of carbonyl (C=O) groups excluding carboxylic acids is 2. The van der Waals surface area contributed by atoms with Crippen molar-refractivity contribution in [1.29, 1.82) is 0 Å². The molecule has 2 aliphatic rings. The lowest BCUT2D eigenvalue weighted by Crippen LogP contribution is -2.44. The van der Waals surface area contributed by atoms with Crippen LogP contribution < -0.4 is 14.8 Å². The number of aromatic nitrogens is 2. The largest absolute Gasteiger partial charge is 0.454 e. The van der Waals surface area contributed by atoms with Gasteiger partial charge in [-0.05, 0) is 29.3 Å². The standard InChI is InChI=1S/C22H20N4O5S/c1-26-19(12-7-8-15-16(9-12)31-11-30-15)18(13-5-3-4-6-14(13)21(26)28)20(27)23-22-25-24-17(32-22)10-29-2/h3-9,18-19H,10-11H2,1-2H3,(H,23,25,27)/t18-,19+/m1/s1. The predicted molar refractivity (Wildman–Crippen MR) is 116 cm³/mol. The Morgan fingerprint density at radius 3 is 2.88 bits per heavy atom. The molecular formula is C22H20N4O5S. The van der Waals surface area contributed by atoms with Crippen LogP contribution in [0, 0.1) is 0 Å². The van der Waals surface area contributed by atoms with Crippen molar-refractivity contribution in [1.82, 2.24) is 15.1 Å². The molecule has 0 aliphatic carbocycles. The molecule has 0 saturated heterocycles. The van der Waals surface area contributed by atoms with Gasteiger partial charge in [0.25, 0.3) is 5.91 Å². The number of methoxy groups -OCH3 is 1. The number of benzene rings is 2. The second kappa shape index (κ2) is 8.21. The van der Waals surface area contributed by atoms with Crippen molar-refractivity contribution < 1.29 is 23.8 Å². The van der Waals surface area contributed by atoms with Crippen LogP contribution in [-0.4, -0.2) is 47.9 Å². The monoisotopic (exact) mass is 452 g/mol. The average Bonchev–Trinajstić information content (AvgIpc) is 3.45. The maximum absolute atomic E-state index is 13.6. The summed E-state index contributed by atoms with van der Waals surface area (Å²) in [6.07, 6.45) is 0. The highest BCUT2D eigenvalue weighted by atomic mass is 32.1. The minimum atomic E-state index is -0.663. The summed E-state index contributed by atoms with van der Waals surface area (Å²) in [5.74, 6) is 0.142. The summed E-state index contributed by atoms with van der Waals surface area (Å²) < 4.78 is 16.0. The number of hydrogen-bond donors (Lipinski definition) is 1. The first-order valence-electron chi connectivity index (χ1n) is 9.94. The molecule has 164 valence electrons. The Labute approximate surface area is 187 Å². The Hall–Kier alpha value is -3.50. The van der Waals surface area contributed by atoms with E-state index in [0.29, 0.717) is 39.4 Å². The van der Waals surface area contributed by atoms with Crippen LogP contribution >= 0.6 is 11.3 Å².